The van der Waals surface area contributed by atoms with Gasteiger partial charge >= 0.3 is 12.0 Å². The first-order valence-electron chi connectivity index (χ1n) is 6.10. The number of nitrogens with one attached hydrogen (secondary N) is 2. The van der Waals surface area contributed by atoms with Gasteiger partial charge < -0.3 is 25.2 Å². The van der Waals surface area contributed by atoms with Crippen molar-refractivity contribution in [3.63, 3.8) is 0 Å². The number of aromatic hydroxyl groups is 1. The maximum Gasteiger partial charge on any atom is 0.325 e. The number of esters is 1. The molecule has 0 radical (unpaired) electrons. The molecule has 0 spiro atoms. The lowest BCUT2D eigenvalue weighted by atomic mass is 10.2. The molecule has 1 aromatic carbocycles. The van der Waals surface area contributed by atoms with Crippen molar-refractivity contribution in [3.8, 4) is 11.5 Å². The predicted octanol–water partition coefficient (Wildman–Crippen LogP) is 0.763. The predicted molar refractivity (Wildman–Crippen MR) is 71.5 cm³/mol. The molecule has 20 heavy (non-hydrogen) atoms. The zero-order valence-corrected chi connectivity index (χ0v) is 11.4. The molecule has 0 fully saturated rings. The number of hydrogen-bond donors (Lipinski definition) is 3. The fourth-order valence-electron chi connectivity index (χ4n) is 1.44. The molecule has 0 aliphatic rings. The van der Waals surface area contributed by atoms with Crippen molar-refractivity contribution in [3.05, 3.63) is 23.8 Å². The number of phenols is 1. The van der Waals surface area contributed by atoms with Gasteiger partial charge in [-0.25, -0.2) is 4.79 Å². The second-order valence-corrected chi connectivity index (χ2v) is 3.85. The van der Waals surface area contributed by atoms with Gasteiger partial charge in [-0.15, -0.1) is 0 Å². The summed E-state index contributed by atoms with van der Waals surface area (Å²) in [4.78, 5) is 22.5. The molecule has 3 N–H and O–H groups in total. The molecular formula is C13H18N2O5. The summed E-state index contributed by atoms with van der Waals surface area (Å²) in [7, 11) is 1.44. The minimum absolute atomic E-state index is 0.0306. The molecule has 2 amide bonds. The zero-order valence-electron chi connectivity index (χ0n) is 11.4. The van der Waals surface area contributed by atoms with Gasteiger partial charge in [-0.2, -0.15) is 0 Å². The van der Waals surface area contributed by atoms with Crippen LogP contribution in [0, 0.1) is 0 Å². The van der Waals surface area contributed by atoms with Crippen LogP contribution in [0.1, 0.15) is 12.5 Å². The summed E-state index contributed by atoms with van der Waals surface area (Å²) < 4.78 is 9.63. The molecule has 0 bridgehead atoms. The lowest BCUT2D eigenvalue weighted by molar-refractivity contribution is -0.141. The van der Waals surface area contributed by atoms with Gasteiger partial charge in [-0.3, -0.25) is 4.79 Å². The van der Waals surface area contributed by atoms with E-state index in [9.17, 15) is 14.7 Å². The van der Waals surface area contributed by atoms with E-state index in [0.717, 1.165) is 5.56 Å². The number of amides is 2. The number of carbonyl (C=O) groups excluding carboxylic acids is 2. The minimum Gasteiger partial charge on any atom is -0.504 e. The molecule has 7 heteroatoms. The highest BCUT2D eigenvalue weighted by molar-refractivity contribution is 5.80. The second-order valence-electron chi connectivity index (χ2n) is 3.85. The summed E-state index contributed by atoms with van der Waals surface area (Å²) in [6.45, 7) is 2.02. The van der Waals surface area contributed by atoms with Crippen molar-refractivity contribution in [2.45, 2.75) is 13.5 Å². The molecule has 0 heterocycles. The summed E-state index contributed by atoms with van der Waals surface area (Å²) in [5.41, 5.74) is 0.755. The lowest BCUT2D eigenvalue weighted by Gasteiger charge is -2.09. The van der Waals surface area contributed by atoms with Crippen LogP contribution in [0.3, 0.4) is 0 Å². The first-order chi connectivity index (χ1) is 9.56. The molecule has 0 saturated heterocycles. The minimum atomic E-state index is -0.492. The second kappa shape index (κ2) is 7.88. The van der Waals surface area contributed by atoms with E-state index in [1.54, 1.807) is 19.1 Å². The standard InChI is InChI=1S/C13H18N2O5/c1-3-20-12(17)8-15-13(18)14-7-9-4-5-10(16)11(6-9)19-2/h4-6,16H,3,7-8H2,1-2H3,(H2,14,15,18). The van der Waals surface area contributed by atoms with Crippen LogP contribution >= 0.6 is 0 Å². The van der Waals surface area contributed by atoms with Crippen molar-refractivity contribution < 1.29 is 24.2 Å². The summed E-state index contributed by atoms with van der Waals surface area (Å²) in [6.07, 6.45) is 0. The monoisotopic (exact) mass is 282 g/mol. The molecule has 0 saturated carbocycles. The lowest BCUT2D eigenvalue weighted by Crippen LogP contribution is -2.38. The summed E-state index contributed by atoms with van der Waals surface area (Å²) >= 11 is 0. The van der Waals surface area contributed by atoms with Crippen molar-refractivity contribution >= 4 is 12.0 Å². The number of hydrogen-bond acceptors (Lipinski definition) is 5. The maximum atomic E-state index is 11.4. The Labute approximate surface area is 116 Å². The third-order valence-corrected chi connectivity index (χ3v) is 2.40. The van der Waals surface area contributed by atoms with Crippen LogP contribution < -0.4 is 15.4 Å². The Morgan fingerprint density at radius 1 is 1.30 bits per heavy atom. The van der Waals surface area contributed by atoms with E-state index >= 15 is 0 Å². The Balaban J connectivity index is 2.39. The Bertz CT molecular complexity index is 476. The normalized spacial score (nSPS) is 9.70. The maximum absolute atomic E-state index is 11.4. The van der Waals surface area contributed by atoms with Crippen LogP contribution in [0.2, 0.25) is 0 Å². The highest BCUT2D eigenvalue weighted by Gasteiger charge is 2.07. The molecule has 110 valence electrons. The Morgan fingerprint density at radius 2 is 2.05 bits per heavy atom. The number of urea groups is 1. The number of rotatable bonds is 6. The SMILES string of the molecule is CCOC(=O)CNC(=O)NCc1ccc(O)c(OC)c1. The van der Waals surface area contributed by atoms with Gasteiger partial charge in [0, 0.05) is 6.54 Å². The van der Waals surface area contributed by atoms with E-state index in [4.69, 9.17) is 4.74 Å². The highest BCUT2D eigenvalue weighted by atomic mass is 16.5. The van der Waals surface area contributed by atoms with E-state index in [1.807, 2.05) is 0 Å². The van der Waals surface area contributed by atoms with Crippen LogP contribution in [0.25, 0.3) is 0 Å². The van der Waals surface area contributed by atoms with E-state index < -0.39 is 12.0 Å². The van der Waals surface area contributed by atoms with Gasteiger partial charge in [-0.1, -0.05) is 6.07 Å². The van der Waals surface area contributed by atoms with Gasteiger partial charge in [0.25, 0.3) is 0 Å². The van der Waals surface area contributed by atoms with Crippen molar-refractivity contribution in [2.75, 3.05) is 20.3 Å². The summed E-state index contributed by atoms with van der Waals surface area (Å²) in [6, 6.07) is 4.27. The fraction of sp³-hybridized carbons (Fsp3) is 0.385. The number of methoxy groups -OCH3 is 1. The molecule has 0 atom stereocenters. The molecular weight excluding hydrogens is 264 g/mol. The van der Waals surface area contributed by atoms with E-state index in [1.165, 1.54) is 13.2 Å². The number of phenolic OH excluding ortho intramolecular Hbond substituents is 1. The van der Waals surface area contributed by atoms with E-state index in [0.29, 0.717) is 5.75 Å². The Kier molecular flexibility index (Phi) is 6.15. The van der Waals surface area contributed by atoms with Crippen LogP contribution in [0.5, 0.6) is 11.5 Å². The van der Waals surface area contributed by atoms with Crippen molar-refractivity contribution in [2.24, 2.45) is 0 Å². The fourth-order valence-corrected chi connectivity index (χ4v) is 1.44. The van der Waals surface area contributed by atoms with Crippen LogP contribution in [-0.4, -0.2) is 37.4 Å². The van der Waals surface area contributed by atoms with E-state index in [-0.39, 0.29) is 25.4 Å². The summed E-state index contributed by atoms with van der Waals surface area (Å²) in [5.74, 6) is -0.131. The van der Waals surface area contributed by atoms with Gasteiger partial charge in [0.05, 0.1) is 13.7 Å². The third kappa shape index (κ3) is 5.05. The average Bonchev–Trinajstić information content (AvgIpc) is 2.44. The molecule has 0 aliphatic heterocycles. The molecule has 1 rings (SSSR count). The highest BCUT2D eigenvalue weighted by Crippen LogP contribution is 2.25. The molecule has 7 nitrogen and oxygen atoms in total. The Hall–Kier alpha value is -2.44. The smallest absolute Gasteiger partial charge is 0.325 e. The first-order valence-corrected chi connectivity index (χ1v) is 6.10. The zero-order chi connectivity index (χ0) is 15.0. The average molecular weight is 282 g/mol. The van der Waals surface area contributed by atoms with Crippen LogP contribution in [0.4, 0.5) is 4.79 Å². The quantitative estimate of drug-likeness (QED) is 0.669. The summed E-state index contributed by atoms with van der Waals surface area (Å²) in [5, 5.41) is 14.4. The van der Waals surface area contributed by atoms with Crippen LogP contribution in [0.15, 0.2) is 18.2 Å². The number of ether oxygens (including phenoxy) is 2. The van der Waals surface area contributed by atoms with Gasteiger partial charge in [0.2, 0.25) is 0 Å². The molecule has 0 aliphatic carbocycles. The molecule has 1 aromatic rings. The topological polar surface area (TPSA) is 96.9 Å². The van der Waals surface area contributed by atoms with E-state index in [2.05, 4.69) is 15.4 Å². The van der Waals surface area contributed by atoms with Crippen molar-refractivity contribution in [1.29, 1.82) is 0 Å². The first kappa shape index (κ1) is 15.6. The third-order valence-electron chi connectivity index (χ3n) is 2.40. The van der Waals surface area contributed by atoms with Gasteiger partial charge in [0.15, 0.2) is 11.5 Å². The van der Waals surface area contributed by atoms with Gasteiger partial charge in [0.1, 0.15) is 6.54 Å². The number of benzene rings is 1. The largest absolute Gasteiger partial charge is 0.504 e. The molecule has 0 aromatic heterocycles. The van der Waals surface area contributed by atoms with Gasteiger partial charge in [-0.05, 0) is 24.6 Å². The molecule has 0 unspecified atom stereocenters. The van der Waals surface area contributed by atoms with Crippen molar-refractivity contribution in [1.82, 2.24) is 10.6 Å². The Morgan fingerprint density at radius 3 is 2.70 bits per heavy atom. The van der Waals surface area contributed by atoms with Crippen LogP contribution in [-0.2, 0) is 16.1 Å². The number of carbonyl (C=O) groups is 2.